The standard InChI is InChI=1S/C26H25F2NO2/c1-15(12-16-6-3-5-9-19(16)25(27)28)13-22(26(30)31)24-21-14-17-7-2-4-8-18(17)20(21)10-11-23(24)29/h2-11,15,22,25H,12-14,29H2,1H3,(H,30,31). The second-order valence-corrected chi connectivity index (χ2v) is 8.36. The summed E-state index contributed by atoms with van der Waals surface area (Å²) in [6.07, 6.45) is -1.19. The van der Waals surface area contributed by atoms with Crippen molar-refractivity contribution in [1.29, 1.82) is 0 Å². The number of fused-ring (bicyclic) bond motifs is 3. The molecule has 5 heteroatoms. The Morgan fingerprint density at radius 2 is 1.74 bits per heavy atom. The molecule has 3 aromatic carbocycles. The maximum absolute atomic E-state index is 13.4. The van der Waals surface area contributed by atoms with E-state index < -0.39 is 18.3 Å². The van der Waals surface area contributed by atoms with Gasteiger partial charge in [0, 0.05) is 11.3 Å². The first-order valence-corrected chi connectivity index (χ1v) is 10.4. The topological polar surface area (TPSA) is 63.3 Å². The Hall–Kier alpha value is -3.21. The van der Waals surface area contributed by atoms with Crippen LogP contribution in [-0.2, 0) is 17.6 Å². The van der Waals surface area contributed by atoms with Crippen molar-refractivity contribution in [3.8, 4) is 11.1 Å². The minimum atomic E-state index is -2.55. The summed E-state index contributed by atoms with van der Waals surface area (Å²) < 4.78 is 26.7. The molecule has 31 heavy (non-hydrogen) atoms. The number of hydrogen-bond acceptors (Lipinski definition) is 2. The molecule has 160 valence electrons. The zero-order chi connectivity index (χ0) is 22.1. The van der Waals surface area contributed by atoms with Gasteiger partial charge in [0.15, 0.2) is 0 Å². The lowest BCUT2D eigenvalue weighted by Crippen LogP contribution is -2.19. The van der Waals surface area contributed by atoms with Gasteiger partial charge in [-0.05, 0) is 64.6 Å². The van der Waals surface area contributed by atoms with Crippen LogP contribution in [0, 0.1) is 5.92 Å². The van der Waals surface area contributed by atoms with Gasteiger partial charge in [0.05, 0.1) is 5.92 Å². The van der Waals surface area contributed by atoms with E-state index in [0.29, 0.717) is 36.1 Å². The Kier molecular flexibility index (Phi) is 5.77. The van der Waals surface area contributed by atoms with Gasteiger partial charge in [0.25, 0.3) is 6.43 Å². The summed E-state index contributed by atoms with van der Waals surface area (Å²) in [7, 11) is 0. The molecule has 2 atom stereocenters. The highest BCUT2D eigenvalue weighted by Crippen LogP contribution is 2.44. The van der Waals surface area contributed by atoms with Gasteiger partial charge in [-0.2, -0.15) is 0 Å². The molecule has 0 spiro atoms. The molecule has 3 N–H and O–H groups in total. The van der Waals surface area contributed by atoms with Gasteiger partial charge in [0.2, 0.25) is 0 Å². The van der Waals surface area contributed by atoms with Crippen molar-refractivity contribution in [2.75, 3.05) is 5.73 Å². The fourth-order valence-electron chi connectivity index (χ4n) is 4.80. The molecule has 0 amide bonds. The molecular weight excluding hydrogens is 396 g/mol. The first kappa shape index (κ1) is 21.0. The van der Waals surface area contributed by atoms with Crippen molar-refractivity contribution in [1.82, 2.24) is 0 Å². The van der Waals surface area contributed by atoms with E-state index in [-0.39, 0.29) is 11.5 Å². The summed E-state index contributed by atoms with van der Waals surface area (Å²) in [6, 6.07) is 18.2. The van der Waals surface area contributed by atoms with Crippen molar-refractivity contribution in [3.05, 3.63) is 88.5 Å². The van der Waals surface area contributed by atoms with Crippen LogP contribution in [0.25, 0.3) is 11.1 Å². The summed E-state index contributed by atoms with van der Waals surface area (Å²) in [6.45, 7) is 1.91. The molecule has 0 radical (unpaired) electrons. The van der Waals surface area contributed by atoms with Crippen molar-refractivity contribution in [2.45, 2.75) is 38.5 Å². The maximum Gasteiger partial charge on any atom is 0.311 e. The third kappa shape index (κ3) is 4.05. The van der Waals surface area contributed by atoms with Crippen LogP contribution < -0.4 is 5.73 Å². The number of carbonyl (C=O) groups is 1. The minimum absolute atomic E-state index is 0.0109. The van der Waals surface area contributed by atoms with Crippen LogP contribution >= 0.6 is 0 Å². The van der Waals surface area contributed by atoms with Crippen molar-refractivity contribution < 1.29 is 18.7 Å². The molecule has 0 saturated carbocycles. The van der Waals surface area contributed by atoms with Crippen molar-refractivity contribution in [3.63, 3.8) is 0 Å². The fourth-order valence-corrected chi connectivity index (χ4v) is 4.80. The van der Waals surface area contributed by atoms with Gasteiger partial charge >= 0.3 is 5.97 Å². The van der Waals surface area contributed by atoms with Gasteiger partial charge in [-0.3, -0.25) is 4.79 Å². The summed E-state index contributed by atoms with van der Waals surface area (Å²) in [5.74, 6) is -1.84. The molecule has 1 aliphatic carbocycles. The molecular formula is C26H25F2NO2. The summed E-state index contributed by atoms with van der Waals surface area (Å²) in [4.78, 5) is 12.3. The number of alkyl halides is 2. The zero-order valence-corrected chi connectivity index (χ0v) is 17.3. The number of carboxylic acids is 1. The van der Waals surface area contributed by atoms with Crippen LogP contribution in [0.3, 0.4) is 0 Å². The predicted molar refractivity (Wildman–Crippen MR) is 118 cm³/mol. The summed E-state index contributed by atoms with van der Waals surface area (Å²) in [5.41, 5.74) is 12.3. The van der Waals surface area contributed by atoms with E-state index >= 15 is 0 Å². The predicted octanol–water partition coefficient (Wildman–Crippen LogP) is 6.21. The highest BCUT2D eigenvalue weighted by molar-refractivity contribution is 5.86. The Bertz CT molecular complexity index is 1130. The van der Waals surface area contributed by atoms with E-state index in [2.05, 4.69) is 6.07 Å². The first-order chi connectivity index (χ1) is 14.9. The molecule has 4 rings (SSSR count). The fraction of sp³-hybridized carbons (Fsp3) is 0.269. The largest absolute Gasteiger partial charge is 0.481 e. The van der Waals surface area contributed by atoms with E-state index in [1.165, 1.54) is 6.07 Å². The Morgan fingerprint density at radius 3 is 2.48 bits per heavy atom. The van der Waals surface area contributed by atoms with Crippen LogP contribution in [0.5, 0.6) is 0 Å². The first-order valence-electron chi connectivity index (χ1n) is 10.4. The van der Waals surface area contributed by atoms with Crippen LogP contribution in [0.2, 0.25) is 0 Å². The number of benzene rings is 3. The van der Waals surface area contributed by atoms with Crippen LogP contribution in [0.4, 0.5) is 14.5 Å². The van der Waals surface area contributed by atoms with Crippen LogP contribution in [0.1, 0.15) is 53.5 Å². The third-order valence-electron chi connectivity index (χ3n) is 6.21. The molecule has 0 heterocycles. The molecule has 0 saturated heterocycles. The number of nitrogens with two attached hydrogens (primary N) is 1. The highest BCUT2D eigenvalue weighted by atomic mass is 19.3. The monoisotopic (exact) mass is 421 g/mol. The van der Waals surface area contributed by atoms with E-state index in [1.54, 1.807) is 24.3 Å². The molecule has 2 unspecified atom stereocenters. The van der Waals surface area contributed by atoms with Crippen LogP contribution in [-0.4, -0.2) is 11.1 Å². The molecule has 0 bridgehead atoms. The smallest absolute Gasteiger partial charge is 0.311 e. The Labute approximate surface area is 180 Å². The highest BCUT2D eigenvalue weighted by Gasteiger charge is 2.31. The summed E-state index contributed by atoms with van der Waals surface area (Å²) >= 11 is 0. The quantitative estimate of drug-likeness (QED) is 0.349. The normalized spacial score (nSPS) is 14.2. The minimum Gasteiger partial charge on any atom is -0.481 e. The van der Waals surface area contributed by atoms with Gasteiger partial charge < -0.3 is 10.8 Å². The molecule has 3 aromatic rings. The zero-order valence-electron chi connectivity index (χ0n) is 17.3. The van der Waals surface area contributed by atoms with Gasteiger partial charge in [0.1, 0.15) is 0 Å². The summed E-state index contributed by atoms with van der Waals surface area (Å²) in [5, 5.41) is 10.1. The number of anilines is 1. The molecule has 3 nitrogen and oxygen atoms in total. The van der Waals surface area contributed by atoms with Gasteiger partial charge in [-0.15, -0.1) is 0 Å². The molecule has 0 fully saturated rings. The van der Waals surface area contributed by atoms with Crippen molar-refractivity contribution in [2.24, 2.45) is 5.92 Å². The van der Waals surface area contributed by atoms with E-state index in [0.717, 1.165) is 22.3 Å². The van der Waals surface area contributed by atoms with Crippen LogP contribution in [0.15, 0.2) is 60.7 Å². The lowest BCUT2D eigenvalue weighted by Gasteiger charge is -2.23. The number of carboxylic acid groups (broad SMARTS) is 1. The SMILES string of the molecule is CC(Cc1ccccc1C(F)F)CC(C(=O)O)c1c(N)ccc2c1Cc1ccccc1-2. The van der Waals surface area contributed by atoms with E-state index in [4.69, 9.17) is 5.73 Å². The Morgan fingerprint density at radius 1 is 1.03 bits per heavy atom. The number of halogens is 2. The number of rotatable bonds is 7. The number of nitrogen functional groups attached to an aromatic ring is 1. The maximum atomic E-state index is 13.4. The average molecular weight is 421 g/mol. The second-order valence-electron chi connectivity index (χ2n) is 8.36. The lowest BCUT2D eigenvalue weighted by molar-refractivity contribution is -0.139. The third-order valence-corrected chi connectivity index (χ3v) is 6.21. The molecule has 0 aromatic heterocycles. The molecule has 0 aliphatic heterocycles. The second kappa shape index (κ2) is 8.50. The Balaban J connectivity index is 1.65. The lowest BCUT2D eigenvalue weighted by atomic mass is 9.82. The van der Waals surface area contributed by atoms with Crippen molar-refractivity contribution >= 4 is 11.7 Å². The van der Waals surface area contributed by atoms with Gasteiger partial charge in [-0.25, -0.2) is 8.78 Å². The van der Waals surface area contributed by atoms with E-state index in [9.17, 15) is 18.7 Å². The number of hydrogen-bond donors (Lipinski definition) is 2. The molecule has 1 aliphatic rings. The average Bonchev–Trinajstić information content (AvgIpc) is 3.11. The van der Waals surface area contributed by atoms with Gasteiger partial charge in [-0.1, -0.05) is 61.5 Å². The van der Waals surface area contributed by atoms with E-state index in [1.807, 2.05) is 31.2 Å². The number of aliphatic carboxylic acids is 1.